The van der Waals surface area contributed by atoms with Gasteiger partial charge in [-0.15, -0.1) is 0 Å². The van der Waals surface area contributed by atoms with Crippen molar-refractivity contribution < 1.29 is 45.0 Å². The molecule has 10 heteroatoms. The number of nitrogens with one attached hydrogen (secondary N) is 1. The average Bonchev–Trinajstić information content (AvgIpc) is 2.72. The zero-order valence-electron chi connectivity index (χ0n) is 17.8. The van der Waals surface area contributed by atoms with Crippen molar-refractivity contribution in [2.24, 2.45) is 0 Å². The number of carboxylic acid groups (broad SMARTS) is 2. The standard InChI is InChI=1S/C18H37NO5.C2H2O4/c1-2-3-4-5-6-7-8-9-10-11-12-19-13-15(21)17(23)18(24)16(22)14-20;3-1(4)2(5)6/h16-20,22-24H,2-14H2,1H3;(H,3,4)(H,5,6)/t16-,17-,18+;/m1./s1. The van der Waals surface area contributed by atoms with Crippen LogP contribution in [0, 0.1) is 0 Å². The van der Waals surface area contributed by atoms with Crippen molar-refractivity contribution in [2.75, 3.05) is 19.7 Å². The van der Waals surface area contributed by atoms with Crippen LogP contribution in [0.1, 0.15) is 71.1 Å². The Kier molecular flexibility index (Phi) is 21.1. The van der Waals surface area contributed by atoms with Crippen LogP contribution in [0.25, 0.3) is 0 Å². The average molecular weight is 438 g/mol. The number of Topliss-reactive ketones (excluding diaryl/α,β-unsaturated/α-hetero) is 1. The molecule has 0 saturated carbocycles. The molecule has 0 aliphatic heterocycles. The molecule has 0 aromatic heterocycles. The van der Waals surface area contributed by atoms with Crippen LogP contribution in [0.3, 0.4) is 0 Å². The number of rotatable bonds is 17. The molecule has 0 aliphatic rings. The summed E-state index contributed by atoms with van der Waals surface area (Å²) < 4.78 is 0. The number of aliphatic hydroxyl groups excluding tert-OH is 4. The van der Waals surface area contributed by atoms with Crippen LogP contribution in [-0.2, 0) is 14.4 Å². The van der Waals surface area contributed by atoms with Crippen molar-refractivity contribution in [1.82, 2.24) is 5.32 Å². The van der Waals surface area contributed by atoms with E-state index in [2.05, 4.69) is 12.2 Å². The van der Waals surface area contributed by atoms with Gasteiger partial charge in [-0.2, -0.15) is 0 Å². The number of ketones is 1. The van der Waals surface area contributed by atoms with Gasteiger partial charge in [0.25, 0.3) is 0 Å². The highest BCUT2D eigenvalue weighted by molar-refractivity contribution is 6.27. The Labute approximate surface area is 177 Å². The fraction of sp³-hybridized carbons (Fsp3) is 0.850. The van der Waals surface area contributed by atoms with Crippen molar-refractivity contribution in [3.05, 3.63) is 0 Å². The second-order valence-electron chi connectivity index (χ2n) is 7.12. The summed E-state index contributed by atoms with van der Waals surface area (Å²) in [6.45, 7) is 2.17. The highest BCUT2D eigenvalue weighted by Crippen LogP contribution is 2.10. The number of hydrogen-bond acceptors (Lipinski definition) is 8. The third kappa shape index (κ3) is 18.4. The van der Waals surface area contributed by atoms with Crippen LogP contribution in [0.2, 0.25) is 0 Å². The quantitative estimate of drug-likeness (QED) is 0.123. The van der Waals surface area contributed by atoms with Gasteiger partial charge in [0.15, 0.2) is 5.78 Å². The molecular formula is C20H39NO9. The van der Waals surface area contributed by atoms with Crippen molar-refractivity contribution in [1.29, 1.82) is 0 Å². The number of carbonyl (C=O) groups excluding carboxylic acids is 1. The summed E-state index contributed by atoms with van der Waals surface area (Å²) in [7, 11) is 0. The van der Waals surface area contributed by atoms with Gasteiger partial charge < -0.3 is 36.0 Å². The minimum absolute atomic E-state index is 0.0478. The van der Waals surface area contributed by atoms with Crippen LogP contribution >= 0.6 is 0 Å². The van der Waals surface area contributed by atoms with Crippen molar-refractivity contribution in [3.8, 4) is 0 Å². The molecule has 0 fully saturated rings. The van der Waals surface area contributed by atoms with Gasteiger partial charge in [0.2, 0.25) is 0 Å². The van der Waals surface area contributed by atoms with Gasteiger partial charge in [-0.3, -0.25) is 4.79 Å². The lowest BCUT2D eigenvalue weighted by Gasteiger charge is -2.20. The third-order valence-electron chi connectivity index (χ3n) is 4.42. The van der Waals surface area contributed by atoms with E-state index in [1.807, 2.05) is 0 Å². The lowest BCUT2D eigenvalue weighted by molar-refractivity contribution is -0.159. The molecule has 0 amide bonds. The largest absolute Gasteiger partial charge is 0.473 e. The maximum absolute atomic E-state index is 11.6. The van der Waals surface area contributed by atoms with E-state index < -0.39 is 42.6 Å². The lowest BCUT2D eigenvalue weighted by atomic mass is 10.0. The summed E-state index contributed by atoms with van der Waals surface area (Å²) in [5.41, 5.74) is 0. The van der Waals surface area contributed by atoms with Crippen LogP contribution in [0.5, 0.6) is 0 Å². The fourth-order valence-electron chi connectivity index (χ4n) is 2.56. The van der Waals surface area contributed by atoms with Gasteiger partial charge in [-0.25, -0.2) is 9.59 Å². The fourth-order valence-corrected chi connectivity index (χ4v) is 2.56. The molecule has 30 heavy (non-hydrogen) atoms. The molecule has 0 heterocycles. The monoisotopic (exact) mass is 437 g/mol. The zero-order valence-corrected chi connectivity index (χ0v) is 17.8. The van der Waals surface area contributed by atoms with E-state index in [0.717, 1.165) is 12.8 Å². The first-order chi connectivity index (χ1) is 14.2. The minimum Gasteiger partial charge on any atom is -0.473 e. The smallest absolute Gasteiger partial charge is 0.414 e. The Morgan fingerprint density at radius 2 is 1.20 bits per heavy atom. The summed E-state index contributed by atoms with van der Waals surface area (Å²) in [5.74, 6) is -4.23. The van der Waals surface area contributed by atoms with E-state index in [1.165, 1.54) is 51.4 Å². The minimum atomic E-state index is -1.82. The van der Waals surface area contributed by atoms with E-state index >= 15 is 0 Å². The highest BCUT2D eigenvalue weighted by Gasteiger charge is 2.29. The predicted octanol–water partition coefficient (Wildman–Crippen LogP) is 0.297. The zero-order chi connectivity index (χ0) is 23.4. The number of carbonyl (C=O) groups is 3. The maximum Gasteiger partial charge on any atom is 0.414 e. The van der Waals surface area contributed by atoms with Gasteiger partial charge in [-0.05, 0) is 13.0 Å². The lowest BCUT2D eigenvalue weighted by Crippen LogP contribution is -2.46. The molecule has 178 valence electrons. The second kappa shape index (κ2) is 20.7. The van der Waals surface area contributed by atoms with Crippen molar-refractivity contribution >= 4 is 17.7 Å². The summed E-state index contributed by atoms with van der Waals surface area (Å²) >= 11 is 0. The van der Waals surface area contributed by atoms with E-state index in [0.29, 0.717) is 6.54 Å². The first-order valence-electron chi connectivity index (χ1n) is 10.5. The van der Waals surface area contributed by atoms with Gasteiger partial charge in [0.1, 0.15) is 18.3 Å². The van der Waals surface area contributed by atoms with Gasteiger partial charge >= 0.3 is 11.9 Å². The molecule has 0 aromatic rings. The number of unbranched alkanes of at least 4 members (excludes halogenated alkanes) is 9. The van der Waals surface area contributed by atoms with Crippen molar-refractivity contribution in [2.45, 2.75) is 89.4 Å². The first kappa shape index (κ1) is 30.6. The molecule has 0 aliphatic carbocycles. The Bertz CT molecular complexity index is 448. The van der Waals surface area contributed by atoms with E-state index in [4.69, 9.17) is 24.9 Å². The maximum atomic E-state index is 11.6. The SMILES string of the molecule is CCCCCCCCCCCCNCC(=O)[C@@H](O)[C@@H](O)[C@H](O)CO.O=C(O)C(=O)O. The summed E-state index contributed by atoms with van der Waals surface area (Å²) in [5, 5.41) is 54.6. The molecule has 3 atom stereocenters. The Morgan fingerprint density at radius 3 is 1.60 bits per heavy atom. The summed E-state index contributed by atoms with van der Waals surface area (Å²) in [4.78, 5) is 29.8. The van der Waals surface area contributed by atoms with Gasteiger partial charge in [0.05, 0.1) is 13.2 Å². The molecule has 0 spiro atoms. The molecule has 7 N–H and O–H groups in total. The van der Waals surface area contributed by atoms with Gasteiger partial charge in [0, 0.05) is 0 Å². The molecule has 0 aromatic carbocycles. The molecular weight excluding hydrogens is 398 g/mol. The van der Waals surface area contributed by atoms with E-state index in [9.17, 15) is 20.1 Å². The number of aliphatic carboxylic acids is 2. The summed E-state index contributed by atoms with van der Waals surface area (Å²) in [6, 6.07) is 0. The molecule has 0 radical (unpaired) electrons. The molecule has 0 saturated heterocycles. The van der Waals surface area contributed by atoms with E-state index in [-0.39, 0.29) is 6.54 Å². The third-order valence-corrected chi connectivity index (χ3v) is 4.42. The van der Waals surface area contributed by atoms with Crippen molar-refractivity contribution in [3.63, 3.8) is 0 Å². The van der Waals surface area contributed by atoms with Crippen LogP contribution in [-0.4, -0.2) is 86.4 Å². The van der Waals surface area contributed by atoms with Crippen LogP contribution in [0.4, 0.5) is 0 Å². The van der Waals surface area contributed by atoms with Gasteiger partial charge in [-0.1, -0.05) is 64.7 Å². The molecule has 0 unspecified atom stereocenters. The number of carboxylic acids is 2. The Hall–Kier alpha value is -1.59. The molecule has 0 bridgehead atoms. The normalized spacial score (nSPS) is 13.6. The van der Waals surface area contributed by atoms with E-state index in [1.54, 1.807) is 0 Å². The highest BCUT2D eigenvalue weighted by atomic mass is 16.4. The number of aliphatic hydroxyl groups is 4. The topological polar surface area (TPSA) is 185 Å². The Balaban J connectivity index is 0. The second-order valence-corrected chi connectivity index (χ2v) is 7.12. The first-order valence-corrected chi connectivity index (χ1v) is 10.5. The van der Waals surface area contributed by atoms with Crippen LogP contribution < -0.4 is 5.32 Å². The Morgan fingerprint density at radius 1 is 0.767 bits per heavy atom. The van der Waals surface area contributed by atoms with Crippen LogP contribution in [0.15, 0.2) is 0 Å². The molecule has 10 nitrogen and oxygen atoms in total. The predicted molar refractivity (Wildman–Crippen MR) is 110 cm³/mol. The number of hydrogen-bond donors (Lipinski definition) is 7. The molecule has 0 rings (SSSR count). The summed E-state index contributed by atoms with van der Waals surface area (Å²) in [6.07, 6.45) is 7.66.